The predicted octanol–water partition coefficient (Wildman–Crippen LogP) is 3.53. The lowest BCUT2D eigenvalue weighted by Gasteiger charge is -2.04. The van der Waals surface area contributed by atoms with E-state index in [1.54, 1.807) is 22.4 Å². The first-order valence-corrected chi connectivity index (χ1v) is 12.8. The van der Waals surface area contributed by atoms with Crippen LogP contribution in [0.3, 0.4) is 0 Å². The number of fused-ring (bicyclic) bond motifs is 1. The fourth-order valence-electron chi connectivity index (χ4n) is 2.69. The standard InChI is InChI=1S/C18H16ClN3O5S3/c1-28-9-8-21-15-7-4-13(22(24)25)10-16(15)29-18(21)20-17(23)11-30(26,27)14-5-2-12(19)3-6-14/h2-7,10H,8-9,11H2,1H3. The molecule has 0 saturated carbocycles. The number of nitro groups is 1. The van der Waals surface area contributed by atoms with Gasteiger partial charge in [-0.3, -0.25) is 14.9 Å². The molecular weight excluding hydrogens is 470 g/mol. The van der Waals surface area contributed by atoms with Gasteiger partial charge < -0.3 is 4.57 Å². The Morgan fingerprint density at radius 1 is 1.27 bits per heavy atom. The van der Waals surface area contributed by atoms with E-state index in [-0.39, 0.29) is 10.6 Å². The lowest BCUT2D eigenvalue weighted by molar-refractivity contribution is -0.384. The molecule has 0 bridgehead atoms. The summed E-state index contributed by atoms with van der Waals surface area (Å²) in [5, 5.41) is 11.4. The first-order chi connectivity index (χ1) is 14.2. The van der Waals surface area contributed by atoms with Gasteiger partial charge in [0.05, 0.1) is 20.0 Å². The molecule has 0 spiro atoms. The highest BCUT2D eigenvalue weighted by molar-refractivity contribution is 7.98. The van der Waals surface area contributed by atoms with Gasteiger partial charge >= 0.3 is 0 Å². The molecule has 1 amide bonds. The Labute approximate surface area is 185 Å². The van der Waals surface area contributed by atoms with Gasteiger partial charge in [0, 0.05) is 29.5 Å². The van der Waals surface area contributed by atoms with Gasteiger partial charge in [-0.2, -0.15) is 16.8 Å². The van der Waals surface area contributed by atoms with Crippen molar-refractivity contribution in [2.45, 2.75) is 11.4 Å². The quantitative estimate of drug-likeness (QED) is 0.374. The zero-order valence-electron chi connectivity index (χ0n) is 15.6. The van der Waals surface area contributed by atoms with Crippen LogP contribution in [0, 0.1) is 10.1 Å². The van der Waals surface area contributed by atoms with Crippen molar-refractivity contribution in [3.63, 3.8) is 0 Å². The van der Waals surface area contributed by atoms with Crippen LogP contribution >= 0.6 is 34.7 Å². The van der Waals surface area contributed by atoms with Crippen LogP contribution in [0.4, 0.5) is 5.69 Å². The average molecular weight is 486 g/mol. The Kier molecular flexibility index (Phi) is 6.96. The van der Waals surface area contributed by atoms with E-state index in [2.05, 4.69) is 4.99 Å². The normalized spacial score (nSPS) is 12.4. The number of hydrogen-bond donors (Lipinski definition) is 0. The Hall–Kier alpha value is -2.21. The largest absolute Gasteiger partial charge is 0.316 e. The molecule has 1 heterocycles. The van der Waals surface area contributed by atoms with Gasteiger partial charge in [0.15, 0.2) is 14.6 Å². The number of thiazole rings is 1. The van der Waals surface area contributed by atoms with E-state index in [0.29, 0.717) is 26.6 Å². The van der Waals surface area contributed by atoms with Gasteiger partial charge in [-0.15, -0.1) is 0 Å². The van der Waals surface area contributed by atoms with Crippen LogP contribution in [0.25, 0.3) is 10.2 Å². The zero-order chi connectivity index (χ0) is 21.9. The number of carbonyl (C=O) groups excluding carboxylic acids is 1. The number of hydrogen-bond acceptors (Lipinski definition) is 7. The molecule has 0 aliphatic carbocycles. The van der Waals surface area contributed by atoms with Crippen molar-refractivity contribution in [1.29, 1.82) is 0 Å². The number of benzene rings is 2. The molecule has 0 aliphatic rings. The predicted molar refractivity (Wildman–Crippen MR) is 119 cm³/mol. The van der Waals surface area contributed by atoms with Gasteiger partial charge in [0.25, 0.3) is 11.6 Å². The van der Waals surface area contributed by atoms with E-state index < -0.39 is 26.4 Å². The second kappa shape index (κ2) is 9.29. The molecule has 1 aromatic heterocycles. The van der Waals surface area contributed by atoms with Crippen LogP contribution < -0.4 is 4.80 Å². The molecular formula is C18H16ClN3O5S3. The highest BCUT2D eigenvalue weighted by atomic mass is 35.5. The third-order valence-corrected chi connectivity index (χ3v) is 7.60. The SMILES string of the molecule is CSCCn1c(=NC(=O)CS(=O)(=O)c2ccc(Cl)cc2)sc2cc([N+](=O)[O-])ccc21. The van der Waals surface area contributed by atoms with Crippen LogP contribution in [0.2, 0.25) is 5.02 Å². The highest BCUT2D eigenvalue weighted by Crippen LogP contribution is 2.23. The van der Waals surface area contributed by atoms with E-state index in [4.69, 9.17) is 11.6 Å². The fraction of sp³-hybridized carbons (Fsp3) is 0.222. The number of aromatic nitrogens is 1. The van der Waals surface area contributed by atoms with E-state index >= 15 is 0 Å². The maximum Gasteiger partial charge on any atom is 0.270 e. The number of halogens is 1. The number of nitro benzene ring substituents is 1. The Balaban J connectivity index is 1.99. The summed E-state index contributed by atoms with van der Waals surface area (Å²) in [5.74, 6) is -0.873. The molecule has 2 aromatic carbocycles. The van der Waals surface area contributed by atoms with Crippen LogP contribution in [0.15, 0.2) is 52.4 Å². The number of sulfone groups is 1. The molecule has 3 rings (SSSR count). The minimum Gasteiger partial charge on any atom is -0.316 e. The molecule has 0 atom stereocenters. The third-order valence-electron chi connectivity index (χ3n) is 4.10. The summed E-state index contributed by atoms with van der Waals surface area (Å²) in [6, 6.07) is 9.96. The van der Waals surface area contributed by atoms with E-state index in [1.807, 2.05) is 6.26 Å². The summed E-state index contributed by atoms with van der Waals surface area (Å²) in [6.07, 6.45) is 1.93. The van der Waals surface area contributed by atoms with Gasteiger partial charge in [0.1, 0.15) is 5.75 Å². The van der Waals surface area contributed by atoms with E-state index in [1.165, 1.54) is 36.4 Å². The minimum absolute atomic E-state index is 0.0160. The summed E-state index contributed by atoms with van der Waals surface area (Å²) in [5.41, 5.74) is 0.635. The monoisotopic (exact) mass is 485 g/mol. The van der Waals surface area contributed by atoms with Crippen molar-refractivity contribution in [3.8, 4) is 0 Å². The average Bonchev–Trinajstić information content (AvgIpc) is 3.02. The molecule has 30 heavy (non-hydrogen) atoms. The number of thioether (sulfide) groups is 1. The van der Waals surface area contributed by atoms with Crippen molar-refractivity contribution < 1.29 is 18.1 Å². The molecule has 0 aliphatic heterocycles. The third kappa shape index (κ3) is 5.09. The number of aryl methyl sites for hydroxylation is 1. The summed E-state index contributed by atoms with van der Waals surface area (Å²) < 4.78 is 27.3. The van der Waals surface area contributed by atoms with Crippen LogP contribution in [0.1, 0.15) is 0 Å². The number of non-ortho nitro benzene ring substituents is 1. The fourth-order valence-corrected chi connectivity index (χ4v) is 5.39. The smallest absolute Gasteiger partial charge is 0.270 e. The van der Waals surface area contributed by atoms with Gasteiger partial charge in [0.2, 0.25) is 0 Å². The lowest BCUT2D eigenvalue weighted by atomic mass is 10.3. The molecule has 0 radical (unpaired) electrons. The first-order valence-electron chi connectivity index (χ1n) is 8.54. The number of amides is 1. The zero-order valence-corrected chi connectivity index (χ0v) is 18.9. The summed E-state index contributed by atoms with van der Waals surface area (Å²) in [7, 11) is -3.87. The molecule has 3 aromatic rings. The van der Waals surface area contributed by atoms with E-state index in [0.717, 1.165) is 17.1 Å². The highest BCUT2D eigenvalue weighted by Gasteiger charge is 2.20. The van der Waals surface area contributed by atoms with Crippen LogP contribution in [0.5, 0.6) is 0 Å². The molecule has 12 heteroatoms. The van der Waals surface area contributed by atoms with Crippen LogP contribution in [-0.2, 0) is 21.2 Å². The van der Waals surface area contributed by atoms with Gasteiger partial charge in [-0.25, -0.2) is 8.42 Å². The minimum atomic E-state index is -3.87. The topological polar surface area (TPSA) is 112 Å². The van der Waals surface area contributed by atoms with Gasteiger partial charge in [-0.1, -0.05) is 22.9 Å². The number of nitrogens with zero attached hydrogens (tertiary/aromatic N) is 3. The van der Waals surface area contributed by atoms with Crippen LogP contribution in [-0.4, -0.2) is 41.6 Å². The van der Waals surface area contributed by atoms with E-state index in [9.17, 15) is 23.3 Å². The van der Waals surface area contributed by atoms with Crippen molar-refractivity contribution in [1.82, 2.24) is 4.57 Å². The van der Waals surface area contributed by atoms with Gasteiger partial charge in [-0.05, 0) is 36.6 Å². The Bertz CT molecular complexity index is 1280. The Morgan fingerprint density at radius 2 is 1.97 bits per heavy atom. The summed E-state index contributed by atoms with van der Waals surface area (Å²) in [4.78, 5) is 27.3. The molecule has 0 N–H and O–H groups in total. The van der Waals surface area contributed by atoms with Crippen molar-refractivity contribution in [2.24, 2.45) is 4.99 Å². The molecule has 0 fully saturated rings. The summed E-state index contributed by atoms with van der Waals surface area (Å²) >= 11 is 8.48. The molecule has 158 valence electrons. The number of rotatable bonds is 7. The van der Waals surface area contributed by atoms with Crippen molar-refractivity contribution >= 4 is 66.3 Å². The summed E-state index contributed by atoms with van der Waals surface area (Å²) in [6.45, 7) is 0.523. The molecule has 0 unspecified atom stereocenters. The second-order valence-electron chi connectivity index (χ2n) is 6.16. The maximum atomic E-state index is 12.5. The van der Waals surface area contributed by atoms with Crippen molar-refractivity contribution in [2.75, 3.05) is 17.8 Å². The lowest BCUT2D eigenvalue weighted by Crippen LogP contribution is -2.21. The molecule has 0 saturated heterocycles. The first kappa shape index (κ1) is 22.5. The molecule has 8 nitrogen and oxygen atoms in total. The maximum absolute atomic E-state index is 12.5. The number of carbonyl (C=O) groups is 1. The second-order valence-corrected chi connectivity index (χ2v) is 10.6. The van der Waals surface area contributed by atoms with Crippen molar-refractivity contribution in [3.05, 3.63) is 62.4 Å². The Morgan fingerprint density at radius 3 is 2.60 bits per heavy atom.